The van der Waals surface area contributed by atoms with Crippen LogP contribution in [0, 0.1) is 12.8 Å². The lowest BCUT2D eigenvalue weighted by molar-refractivity contribution is -0.120. The fourth-order valence-electron chi connectivity index (χ4n) is 3.61. The second kappa shape index (κ2) is 7.34. The monoisotopic (exact) mass is 365 g/mol. The van der Waals surface area contributed by atoms with Gasteiger partial charge in [-0.05, 0) is 43.9 Å². The van der Waals surface area contributed by atoms with E-state index in [1.165, 1.54) is 11.9 Å². The fourth-order valence-corrected chi connectivity index (χ4v) is 3.61. The van der Waals surface area contributed by atoms with E-state index in [4.69, 9.17) is 4.52 Å². The minimum atomic E-state index is 0.00688. The summed E-state index contributed by atoms with van der Waals surface area (Å²) < 4.78 is 5.23. The van der Waals surface area contributed by atoms with Crippen molar-refractivity contribution in [2.75, 3.05) is 23.3 Å². The lowest BCUT2D eigenvalue weighted by Crippen LogP contribution is -2.38. The molecule has 3 heterocycles. The molecule has 0 atom stereocenters. The van der Waals surface area contributed by atoms with Crippen molar-refractivity contribution in [3.05, 3.63) is 41.9 Å². The van der Waals surface area contributed by atoms with E-state index in [1.54, 1.807) is 0 Å². The standard InChI is InChI=1S/C20H23N5O2/c1-3-14-5-4-6-16(11-14)23-19(26)15-7-9-25(10-8-15)18-17-13(2)24-27-20(17)22-12-21-18/h4-6,11-12,15H,3,7-10H2,1-2H3,(H,23,26). The zero-order valence-electron chi connectivity index (χ0n) is 15.6. The van der Waals surface area contributed by atoms with Crippen molar-refractivity contribution in [1.82, 2.24) is 15.1 Å². The van der Waals surface area contributed by atoms with Crippen LogP contribution in [0.2, 0.25) is 0 Å². The summed E-state index contributed by atoms with van der Waals surface area (Å²) in [7, 11) is 0. The molecule has 1 N–H and O–H groups in total. The van der Waals surface area contributed by atoms with Gasteiger partial charge in [0, 0.05) is 24.7 Å². The third kappa shape index (κ3) is 3.49. The number of nitrogens with zero attached hydrogens (tertiary/aromatic N) is 4. The van der Waals surface area contributed by atoms with Gasteiger partial charge in [0.2, 0.25) is 5.91 Å². The Morgan fingerprint density at radius 3 is 2.89 bits per heavy atom. The minimum Gasteiger partial charge on any atom is -0.356 e. The Labute approximate surface area is 157 Å². The number of amides is 1. The van der Waals surface area contributed by atoms with Crippen molar-refractivity contribution in [1.29, 1.82) is 0 Å². The van der Waals surface area contributed by atoms with Crippen molar-refractivity contribution in [2.24, 2.45) is 5.92 Å². The van der Waals surface area contributed by atoms with Gasteiger partial charge in [0.1, 0.15) is 17.5 Å². The predicted octanol–water partition coefficient (Wildman–Crippen LogP) is 3.34. The molecule has 7 heteroatoms. The molecule has 4 rings (SSSR count). The van der Waals surface area contributed by atoms with Crippen LogP contribution in [-0.2, 0) is 11.2 Å². The zero-order chi connectivity index (χ0) is 18.8. The molecule has 0 radical (unpaired) electrons. The van der Waals surface area contributed by atoms with Crippen LogP contribution in [0.3, 0.4) is 0 Å². The Kier molecular flexibility index (Phi) is 4.75. The Morgan fingerprint density at radius 1 is 1.30 bits per heavy atom. The molecular weight excluding hydrogens is 342 g/mol. The number of rotatable bonds is 4. The van der Waals surface area contributed by atoms with Gasteiger partial charge in [0.15, 0.2) is 0 Å². The average Bonchev–Trinajstić information content (AvgIpc) is 3.09. The number of nitrogens with one attached hydrogen (secondary N) is 1. The largest absolute Gasteiger partial charge is 0.356 e. The van der Waals surface area contributed by atoms with Crippen LogP contribution in [0.1, 0.15) is 31.0 Å². The highest BCUT2D eigenvalue weighted by Crippen LogP contribution is 2.29. The van der Waals surface area contributed by atoms with E-state index >= 15 is 0 Å². The molecule has 1 saturated heterocycles. The highest BCUT2D eigenvalue weighted by molar-refractivity contribution is 5.93. The normalized spacial score (nSPS) is 15.3. The molecule has 1 aromatic carbocycles. The predicted molar refractivity (Wildman–Crippen MR) is 104 cm³/mol. The van der Waals surface area contributed by atoms with Gasteiger partial charge in [0.25, 0.3) is 5.71 Å². The summed E-state index contributed by atoms with van der Waals surface area (Å²) in [5.41, 5.74) is 3.39. The first-order valence-electron chi connectivity index (χ1n) is 9.37. The van der Waals surface area contributed by atoms with Gasteiger partial charge in [0.05, 0.1) is 5.69 Å². The number of piperidine rings is 1. The molecule has 0 aliphatic carbocycles. The van der Waals surface area contributed by atoms with Crippen LogP contribution in [0.4, 0.5) is 11.5 Å². The summed E-state index contributed by atoms with van der Waals surface area (Å²) in [6.45, 7) is 5.54. The van der Waals surface area contributed by atoms with E-state index in [0.717, 1.165) is 54.9 Å². The van der Waals surface area contributed by atoms with Crippen LogP contribution in [0.15, 0.2) is 35.1 Å². The maximum atomic E-state index is 12.7. The number of anilines is 2. The summed E-state index contributed by atoms with van der Waals surface area (Å²) in [6.07, 6.45) is 4.03. The Bertz CT molecular complexity index is 960. The zero-order valence-corrected chi connectivity index (χ0v) is 15.6. The topological polar surface area (TPSA) is 84.2 Å². The van der Waals surface area contributed by atoms with E-state index in [9.17, 15) is 4.79 Å². The molecule has 7 nitrogen and oxygen atoms in total. The number of hydrogen-bond acceptors (Lipinski definition) is 6. The first-order valence-corrected chi connectivity index (χ1v) is 9.37. The lowest BCUT2D eigenvalue weighted by atomic mass is 9.95. The van der Waals surface area contributed by atoms with Gasteiger partial charge in [-0.3, -0.25) is 4.79 Å². The maximum Gasteiger partial charge on any atom is 0.263 e. The molecule has 140 valence electrons. The number of fused-ring (bicyclic) bond motifs is 1. The number of hydrogen-bond donors (Lipinski definition) is 1. The fraction of sp³-hybridized carbons (Fsp3) is 0.400. The average molecular weight is 365 g/mol. The van der Waals surface area contributed by atoms with E-state index in [2.05, 4.69) is 38.3 Å². The highest BCUT2D eigenvalue weighted by Gasteiger charge is 2.27. The molecule has 0 bridgehead atoms. The molecule has 1 aliphatic rings. The molecule has 3 aromatic rings. The first-order chi connectivity index (χ1) is 13.2. The lowest BCUT2D eigenvalue weighted by Gasteiger charge is -2.32. The Hall–Kier alpha value is -2.96. The van der Waals surface area contributed by atoms with Crippen molar-refractivity contribution >= 4 is 28.5 Å². The van der Waals surface area contributed by atoms with Crippen LogP contribution in [0.25, 0.3) is 11.1 Å². The van der Waals surface area contributed by atoms with Crippen molar-refractivity contribution in [3.63, 3.8) is 0 Å². The summed E-state index contributed by atoms with van der Waals surface area (Å²) >= 11 is 0. The minimum absolute atomic E-state index is 0.00688. The smallest absolute Gasteiger partial charge is 0.263 e. The molecular formula is C20H23N5O2. The van der Waals surface area contributed by atoms with Crippen molar-refractivity contribution < 1.29 is 9.32 Å². The number of carbonyl (C=O) groups excluding carboxylic acids is 1. The highest BCUT2D eigenvalue weighted by atomic mass is 16.5. The second-order valence-corrected chi connectivity index (χ2v) is 6.95. The molecule has 0 unspecified atom stereocenters. The Morgan fingerprint density at radius 2 is 2.11 bits per heavy atom. The quantitative estimate of drug-likeness (QED) is 0.763. The SMILES string of the molecule is CCc1cccc(NC(=O)C2CCN(c3ncnc4onc(C)c34)CC2)c1. The Balaban J connectivity index is 1.42. The maximum absolute atomic E-state index is 12.7. The number of aryl methyl sites for hydroxylation is 2. The molecule has 2 aromatic heterocycles. The summed E-state index contributed by atoms with van der Waals surface area (Å²) in [5.74, 6) is 0.942. The molecule has 1 fully saturated rings. The molecule has 1 amide bonds. The van der Waals surface area contributed by atoms with Gasteiger partial charge < -0.3 is 14.7 Å². The van der Waals surface area contributed by atoms with Crippen molar-refractivity contribution in [2.45, 2.75) is 33.1 Å². The van der Waals surface area contributed by atoms with E-state index in [-0.39, 0.29) is 11.8 Å². The van der Waals surface area contributed by atoms with Gasteiger partial charge in [-0.1, -0.05) is 24.2 Å². The van der Waals surface area contributed by atoms with Crippen LogP contribution >= 0.6 is 0 Å². The van der Waals surface area contributed by atoms with E-state index in [0.29, 0.717) is 5.71 Å². The summed E-state index contributed by atoms with van der Waals surface area (Å²) in [5, 5.41) is 7.91. The third-order valence-corrected chi connectivity index (χ3v) is 5.19. The van der Waals surface area contributed by atoms with Crippen molar-refractivity contribution in [3.8, 4) is 0 Å². The van der Waals surface area contributed by atoms with E-state index in [1.807, 2.05) is 25.1 Å². The van der Waals surface area contributed by atoms with Crippen LogP contribution < -0.4 is 10.2 Å². The van der Waals surface area contributed by atoms with Crippen LogP contribution in [-0.4, -0.2) is 34.1 Å². The van der Waals surface area contributed by atoms with E-state index < -0.39 is 0 Å². The number of aromatic nitrogens is 3. The molecule has 0 spiro atoms. The van der Waals surface area contributed by atoms with Gasteiger partial charge in [-0.25, -0.2) is 4.98 Å². The summed E-state index contributed by atoms with van der Waals surface area (Å²) in [6, 6.07) is 8.04. The van der Waals surface area contributed by atoms with Gasteiger partial charge in [-0.2, -0.15) is 4.98 Å². The van der Waals surface area contributed by atoms with Gasteiger partial charge in [-0.15, -0.1) is 0 Å². The molecule has 27 heavy (non-hydrogen) atoms. The number of carbonyl (C=O) groups is 1. The molecule has 1 aliphatic heterocycles. The van der Waals surface area contributed by atoms with Crippen LogP contribution in [0.5, 0.6) is 0 Å². The first kappa shape index (κ1) is 17.5. The van der Waals surface area contributed by atoms with Gasteiger partial charge >= 0.3 is 0 Å². The third-order valence-electron chi connectivity index (χ3n) is 5.19. The summed E-state index contributed by atoms with van der Waals surface area (Å²) in [4.78, 5) is 23.4. The second-order valence-electron chi connectivity index (χ2n) is 6.95. The molecule has 0 saturated carbocycles. The number of benzene rings is 1.